The monoisotopic (exact) mass is 302 g/mol. The molecule has 0 aromatic carbocycles. The highest BCUT2D eigenvalue weighted by atomic mass is 16.2. The van der Waals surface area contributed by atoms with Crippen LogP contribution in [0, 0.1) is 0 Å². The predicted molar refractivity (Wildman–Crippen MR) is 81.5 cm³/mol. The molecule has 2 unspecified atom stereocenters. The first-order valence-corrected chi connectivity index (χ1v) is 7.25. The third-order valence-corrected chi connectivity index (χ3v) is 3.73. The Kier molecular flexibility index (Phi) is 4.01. The predicted octanol–water partition coefficient (Wildman–Crippen LogP) is 0.789. The highest BCUT2D eigenvalue weighted by Crippen LogP contribution is 2.12. The molecule has 2 amide bonds. The first kappa shape index (κ1) is 14.5. The van der Waals surface area contributed by atoms with E-state index in [1.165, 1.54) is 13.1 Å². The van der Waals surface area contributed by atoms with Gasteiger partial charge in [0.1, 0.15) is 11.6 Å². The van der Waals surface area contributed by atoms with E-state index in [-0.39, 0.29) is 11.8 Å². The van der Waals surface area contributed by atoms with Crippen molar-refractivity contribution in [1.29, 1.82) is 0 Å². The largest absolute Gasteiger partial charge is 0.345 e. The van der Waals surface area contributed by atoms with Gasteiger partial charge < -0.3 is 15.6 Å². The molecule has 116 valence electrons. The summed E-state index contributed by atoms with van der Waals surface area (Å²) in [5.74, 6) is 0.271. The van der Waals surface area contributed by atoms with Crippen LogP contribution in [0.4, 0.5) is 10.6 Å². The van der Waals surface area contributed by atoms with Crippen LogP contribution in [0.25, 0.3) is 11.2 Å². The number of Topliss-reactive ketones (excluding diaryl/α,β-unsaturated/α-hetero) is 1. The van der Waals surface area contributed by atoms with Crippen LogP contribution in [-0.4, -0.2) is 45.4 Å². The van der Waals surface area contributed by atoms with Crippen molar-refractivity contribution in [3.63, 3.8) is 0 Å². The van der Waals surface area contributed by atoms with Gasteiger partial charge in [0.15, 0.2) is 17.2 Å². The normalized spacial score (nSPS) is 19.0. The highest BCUT2D eigenvalue weighted by Gasteiger charge is 2.29. The van der Waals surface area contributed by atoms with Gasteiger partial charge in [-0.15, -0.1) is 0 Å². The molecule has 0 aliphatic carbocycles. The Bertz CT molecular complexity index is 691. The molecule has 8 nitrogen and oxygen atoms in total. The molecule has 1 aliphatic rings. The third kappa shape index (κ3) is 3.06. The molecular formula is C14H18N6O2. The zero-order valence-electron chi connectivity index (χ0n) is 12.2. The van der Waals surface area contributed by atoms with E-state index in [1.54, 1.807) is 12.3 Å². The van der Waals surface area contributed by atoms with Crippen molar-refractivity contribution in [3.05, 3.63) is 18.5 Å². The minimum atomic E-state index is -0.536. The summed E-state index contributed by atoms with van der Waals surface area (Å²) in [6.07, 6.45) is 5.08. The summed E-state index contributed by atoms with van der Waals surface area (Å²) >= 11 is 0. The van der Waals surface area contributed by atoms with Crippen molar-refractivity contribution in [1.82, 2.24) is 25.6 Å². The van der Waals surface area contributed by atoms with Crippen LogP contribution in [0.2, 0.25) is 0 Å². The minimum absolute atomic E-state index is 0.0125. The highest BCUT2D eigenvalue weighted by molar-refractivity contribution is 5.93. The summed E-state index contributed by atoms with van der Waals surface area (Å²) in [6.45, 7) is 2.35. The lowest BCUT2D eigenvalue weighted by atomic mass is 10.0. The molecule has 3 rings (SSSR count). The average Bonchev–Trinajstić information content (AvgIpc) is 3.15. The summed E-state index contributed by atoms with van der Waals surface area (Å²) in [5.41, 5.74) is 1.32. The van der Waals surface area contributed by atoms with Gasteiger partial charge in [0, 0.05) is 12.2 Å². The van der Waals surface area contributed by atoms with Gasteiger partial charge in [0.05, 0.1) is 6.20 Å². The fourth-order valence-electron chi connectivity index (χ4n) is 2.67. The molecule has 8 heteroatoms. The number of nitrogens with zero attached hydrogens (tertiary/aromatic N) is 2. The first-order valence-electron chi connectivity index (χ1n) is 7.25. The van der Waals surface area contributed by atoms with Crippen molar-refractivity contribution >= 4 is 28.8 Å². The number of hydrogen-bond acceptors (Lipinski definition) is 5. The number of rotatable bonds is 4. The Labute approximate surface area is 127 Å². The number of ketones is 1. The molecule has 2 aromatic rings. The van der Waals surface area contributed by atoms with Gasteiger partial charge >= 0.3 is 6.03 Å². The number of H-pyrrole nitrogens is 1. The molecule has 0 radical (unpaired) electrons. The Balaban J connectivity index is 1.66. The lowest BCUT2D eigenvalue weighted by Crippen LogP contribution is -2.52. The summed E-state index contributed by atoms with van der Waals surface area (Å²) in [7, 11) is 0. The number of hydrogen-bond donors (Lipinski definition) is 4. The smallest absolute Gasteiger partial charge is 0.321 e. The van der Waals surface area contributed by atoms with E-state index in [2.05, 4.69) is 30.9 Å². The molecule has 1 saturated heterocycles. The Morgan fingerprint density at radius 1 is 1.45 bits per heavy atom. The van der Waals surface area contributed by atoms with Gasteiger partial charge in [-0.05, 0) is 32.4 Å². The third-order valence-electron chi connectivity index (χ3n) is 3.73. The van der Waals surface area contributed by atoms with Gasteiger partial charge in [0.2, 0.25) is 0 Å². The molecule has 22 heavy (non-hydrogen) atoms. The van der Waals surface area contributed by atoms with Crippen LogP contribution in [0.15, 0.2) is 18.5 Å². The molecular weight excluding hydrogens is 284 g/mol. The lowest BCUT2D eigenvalue weighted by molar-refractivity contribution is -0.119. The number of carbonyl (C=O) groups is 2. The number of urea groups is 1. The summed E-state index contributed by atoms with van der Waals surface area (Å²) in [4.78, 5) is 35.2. The van der Waals surface area contributed by atoms with Crippen molar-refractivity contribution in [3.8, 4) is 0 Å². The van der Waals surface area contributed by atoms with Crippen molar-refractivity contribution < 1.29 is 9.59 Å². The maximum Gasteiger partial charge on any atom is 0.321 e. The topological polar surface area (TPSA) is 112 Å². The first-order chi connectivity index (χ1) is 10.6. The molecule has 2 aromatic heterocycles. The molecule has 4 N–H and O–H groups in total. The maximum absolute atomic E-state index is 12.1. The van der Waals surface area contributed by atoms with E-state index >= 15 is 0 Å². The Hall–Kier alpha value is -2.48. The van der Waals surface area contributed by atoms with Gasteiger partial charge in [-0.1, -0.05) is 0 Å². The van der Waals surface area contributed by atoms with Crippen LogP contribution in [-0.2, 0) is 4.79 Å². The summed E-state index contributed by atoms with van der Waals surface area (Å²) in [5, 5.41) is 8.56. The van der Waals surface area contributed by atoms with E-state index in [1.807, 2.05) is 0 Å². The second-order valence-corrected chi connectivity index (χ2v) is 5.36. The fourth-order valence-corrected chi connectivity index (χ4v) is 2.67. The molecule has 0 saturated carbocycles. The van der Waals surface area contributed by atoms with Gasteiger partial charge in [-0.3, -0.25) is 10.1 Å². The van der Waals surface area contributed by atoms with E-state index in [9.17, 15) is 9.59 Å². The number of nitrogens with one attached hydrogen (secondary N) is 4. The number of anilines is 1. The minimum Gasteiger partial charge on any atom is -0.345 e. The number of amides is 2. The van der Waals surface area contributed by atoms with E-state index < -0.39 is 12.1 Å². The number of aromatic nitrogens is 3. The van der Waals surface area contributed by atoms with Gasteiger partial charge in [-0.2, -0.15) is 0 Å². The van der Waals surface area contributed by atoms with E-state index in [0.717, 1.165) is 19.4 Å². The zero-order valence-corrected chi connectivity index (χ0v) is 12.2. The van der Waals surface area contributed by atoms with Crippen LogP contribution in [0.5, 0.6) is 0 Å². The fraction of sp³-hybridized carbons (Fsp3) is 0.429. The van der Waals surface area contributed by atoms with Crippen molar-refractivity contribution in [2.45, 2.75) is 31.8 Å². The Morgan fingerprint density at radius 2 is 2.32 bits per heavy atom. The summed E-state index contributed by atoms with van der Waals surface area (Å²) in [6, 6.07) is 0.762. The second kappa shape index (κ2) is 6.10. The van der Waals surface area contributed by atoms with Crippen molar-refractivity contribution in [2.75, 3.05) is 11.9 Å². The van der Waals surface area contributed by atoms with Gasteiger partial charge in [0.25, 0.3) is 0 Å². The number of aromatic amines is 1. The van der Waals surface area contributed by atoms with E-state index in [4.69, 9.17) is 0 Å². The lowest BCUT2D eigenvalue weighted by Gasteiger charge is -2.22. The van der Waals surface area contributed by atoms with Crippen LogP contribution < -0.4 is 16.0 Å². The molecule has 1 aliphatic heterocycles. The second-order valence-electron chi connectivity index (χ2n) is 5.36. The standard InChI is InChI=1S/C14H18N6O2/c1-8(21)12(9-3-2-5-15-9)20-14(22)19-11-7-17-13-10(18-11)4-6-16-13/h4,6-7,9,12,15H,2-3,5H2,1H3,(H,16,17)(H2,18,19,20,22). The summed E-state index contributed by atoms with van der Waals surface area (Å²) < 4.78 is 0. The average molecular weight is 302 g/mol. The van der Waals surface area contributed by atoms with Crippen LogP contribution in [0.3, 0.4) is 0 Å². The zero-order chi connectivity index (χ0) is 15.5. The molecule has 0 spiro atoms. The maximum atomic E-state index is 12.1. The molecule has 3 heterocycles. The number of fused-ring (bicyclic) bond motifs is 1. The van der Waals surface area contributed by atoms with Crippen LogP contribution in [0.1, 0.15) is 19.8 Å². The molecule has 2 atom stereocenters. The Morgan fingerprint density at radius 3 is 3.05 bits per heavy atom. The quantitative estimate of drug-likeness (QED) is 0.667. The molecule has 0 bridgehead atoms. The SMILES string of the molecule is CC(=O)C(NC(=O)Nc1cnc2[nH]ccc2n1)C1CCCN1. The van der Waals surface area contributed by atoms with Crippen LogP contribution >= 0.6 is 0 Å². The number of carbonyl (C=O) groups excluding carboxylic acids is 2. The van der Waals surface area contributed by atoms with E-state index in [0.29, 0.717) is 17.0 Å². The van der Waals surface area contributed by atoms with Gasteiger partial charge in [-0.25, -0.2) is 14.8 Å². The molecule has 1 fully saturated rings. The van der Waals surface area contributed by atoms with Crippen molar-refractivity contribution in [2.24, 2.45) is 0 Å².